The van der Waals surface area contributed by atoms with Gasteiger partial charge in [-0.3, -0.25) is 9.69 Å². The maximum absolute atomic E-state index is 12.6. The molecular formula is C29H34N2O3. The molecule has 1 amide bonds. The van der Waals surface area contributed by atoms with Crippen molar-refractivity contribution in [2.24, 2.45) is 5.92 Å². The van der Waals surface area contributed by atoms with E-state index in [-0.39, 0.29) is 5.91 Å². The van der Waals surface area contributed by atoms with Crippen LogP contribution in [0.1, 0.15) is 53.3 Å². The van der Waals surface area contributed by atoms with E-state index in [2.05, 4.69) is 59.5 Å². The van der Waals surface area contributed by atoms with Crippen LogP contribution >= 0.6 is 0 Å². The number of nitrogens with zero attached hydrogens (tertiary/aromatic N) is 2. The van der Waals surface area contributed by atoms with Gasteiger partial charge in [0.25, 0.3) is 5.91 Å². The summed E-state index contributed by atoms with van der Waals surface area (Å²) >= 11 is 0. The summed E-state index contributed by atoms with van der Waals surface area (Å²) < 4.78 is 11.4. The zero-order valence-corrected chi connectivity index (χ0v) is 19.8. The van der Waals surface area contributed by atoms with E-state index in [9.17, 15) is 4.79 Å². The monoisotopic (exact) mass is 458 g/mol. The molecule has 5 rings (SSSR count). The van der Waals surface area contributed by atoms with Gasteiger partial charge in [-0.05, 0) is 80.1 Å². The molecule has 3 heterocycles. The second-order valence-corrected chi connectivity index (χ2v) is 9.65. The lowest BCUT2D eigenvalue weighted by Gasteiger charge is -2.32. The van der Waals surface area contributed by atoms with Crippen molar-refractivity contribution in [1.29, 1.82) is 0 Å². The average Bonchev–Trinajstić information content (AvgIpc) is 3.44. The summed E-state index contributed by atoms with van der Waals surface area (Å²) in [5, 5.41) is 0. The smallest absolute Gasteiger partial charge is 0.289 e. The highest BCUT2D eigenvalue weighted by atomic mass is 16.5. The average molecular weight is 459 g/mol. The van der Waals surface area contributed by atoms with Gasteiger partial charge in [-0.2, -0.15) is 0 Å². The number of piperidine rings is 2. The van der Waals surface area contributed by atoms with Crippen LogP contribution in [0.5, 0.6) is 5.75 Å². The van der Waals surface area contributed by atoms with Gasteiger partial charge in [-0.15, -0.1) is 0 Å². The molecule has 0 aliphatic carbocycles. The molecule has 178 valence electrons. The molecule has 5 heteroatoms. The number of ether oxygens (including phenoxy) is 1. The van der Waals surface area contributed by atoms with Crippen LogP contribution in [0.15, 0.2) is 77.4 Å². The number of likely N-dealkylation sites (tertiary alicyclic amines) is 2. The Bertz CT molecular complexity index is 1030. The third kappa shape index (κ3) is 5.71. The lowest BCUT2D eigenvalue weighted by Crippen LogP contribution is -2.41. The summed E-state index contributed by atoms with van der Waals surface area (Å²) in [6, 6.07) is 23.0. The van der Waals surface area contributed by atoms with E-state index < -0.39 is 0 Å². The highest BCUT2D eigenvalue weighted by Gasteiger charge is 2.26. The summed E-state index contributed by atoms with van der Waals surface area (Å²) in [5.74, 6) is 2.34. The molecule has 2 fully saturated rings. The fourth-order valence-electron chi connectivity index (χ4n) is 5.25. The van der Waals surface area contributed by atoms with Crippen molar-refractivity contribution in [3.63, 3.8) is 0 Å². The second-order valence-electron chi connectivity index (χ2n) is 9.65. The highest BCUT2D eigenvalue weighted by Crippen LogP contribution is 2.28. The molecule has 5 nitrogen and oxygen atoms in total. The summed E-state index contributed by atoms with van der Waals surface area (Å²) in [5.41, 5.74) is 2.81. The molecule has 0 bridgehead atoms. The van der Waals surface area contributed by atoms with Crippen LogP contribution in [0, 0.1) is 5.92 Å². The number of furan rings is 1. The maximum atomic E-state index is 12.6. The van der Waals surface area contributed by atoms with Crippen LogP contribution in [-0.4, -0.2) is 48.5 Å². The van der Waals surface area contributed by atoms with Gasteiger partial charge >= 0.3 is 0 Å². The maximum Gasteiger partial charge on any atom is 0.289 e. The van der Waals surface area contributed by atoms with Crippen LogP contribution in [0.4, 0.5) is 0 Å². The van der Waals surface area contributed by atoms with E-state index in [1.807, 2.05) is 4.90 Å². The first kappa shape index (κ1) is 22.7. The molecule has 2 aromatic carbocycles. The third-order valence-electron chi connectivity index (χ3n) is 7.21. The Hall–Kier alpha value is -3.05. The van der Waals surface area contributed by atoms with Gasteiger partial charge in [0, 0.05) is 25.6 Å². The van der Waals surface area contributed by atoms with Crippen molar-refractivity contribution in [1.82, 2.24) is 9.80 Å². The van der Waals surface area contributed by atoms with Crippen molar-refractivity contribution in [3.05, 3.63) is 89.9 Å². The summed E-state index contributed by atoms with van der Waals surface area (Å²) in [6.45, 7) is 5.42. The number of rotatable bonds is 7. The first-order valence-electron chi connectivity index (χ1n) is 12.6. The molecule has 1 aromatic heterocycles. The van der Waals surface area contributed by atoms with Crippen LogP contribution in [0.3, 0.4) is 0 Å². The van der Waals surface area contributed by atoms with Gasteiger partial charge in [0.05, 0.1) is 12.9 Å². The van der Waals surface area contributed by atoms with E-state index in [1.54, 1.807) is 18.4 Å². The number of carbonyl (C=O) groups is 1. The Labute approximate surface area is 202 Å². The lowest BCUT2D eigenvalue weighted by atomic mass is 9.89. The Morgan fingerprint density at radius 1 is 0.912 bits per heavy atom. The molecule has 2 saturated heterocycles. The van der Waals surface area contributed by atoms with Gasteiger partial charge < -0.3 is 14.1 Å². The zero-order chi connectivity index (χ0) is 23.2. The number of hydrogen-bond donors (Lipinski definition) is 0. The Kier molecular flexibility index (Phi) is 7.30. The van der Waals surface area contributed by atoms with Crippen LogP contribution < -0.4 is 4.74 Å². The van der Waals surface area contributed by atoms with Gasteiger partial charge in [-0.25, -0.2) is 0 Å². The Morgan fingerprint density at radius 2 is 1.71 bits per heavy atom. The largest absolute Gasteiger partial charge is 0.493 e. The molecule has 2 aliphatic heterocycles. The van der Waals surface area contributed by atoms with E-state index in [0.29, 0.717) is 24.2 Å². The number of hydrogen-bond acceptors (Lipinski definition) is 4. The van der Waals surface area contributed by atoms with Crippen molar-refractivity contribution >= 4 is 5.91 Å². The number of benzene rings is 2. The second kappa shape index (κ2) is 10.9. The van der Waals surface area contributed by atoms with E-state index in [0.717, 1.165) is 51.3 Å². The molecule has 0 radical (unpaired) electrons. The molecule has 2 aliphatic rings. The minimum absolute atomic E-state index is 0.0214. The zero-order valence-electron chi connectivity index (χ0n) is 19.8. The number of amides is 1. The third-order valence-corrected chi connectivity index (χ3v) is 7.21. The standard InChI is InChI=1S/C29H34N2O3/c32-29(28-9-5-19-33-28)31-16-4-6-24(21-31)22-34-27-12-10-23(11-13-27)20-30-17-14-26(15-18-30)25-7-2-1-3-8-25/h1-3,5,7-13,19,24,26H,4,6,14-18,20-22H2. The fraction of sp³-hybridized carbons (Fsp3) is 0.414. The Balaban J connectivity index is 1.06. The fourth-order valence-corrected chi connectivity index (χ4v) is 5.25. The molecule has 3 aromatic rings. The number of carbonyl (C=O) groups excluding carboxylic acids is 1. The molecule has 1 unspecified atom stereocenters. The van der Waals surface area contributed by atoms with Crippen molar-refractivity contribution in [3.8, 4) is 5.75 Å². The molecule has 0 N–H and O–H groups in total. The normalized spacial score (nSPS) is 19.8. The van der Waals surface area contributed by atoms with Crippen LogP contribution in [-0.2, 0) is 6.54 Å². The summed E-state index contributed by atoms with van der Waals surface area (Å²) in [7, 11) is 0. The summed E-state index contributed by atoms with van der Waals surface area (Å²) in [6.07, 6.45) is 6.09. The van der Waals surface area contributed by atoms with Gasteiger partial charge in [0.15, 0.2) is 5.76 Å². The molecule has 1 atom stereocenters. The predicted molar refractivity (Wildman–Crippen MR) is 133 cm³/mol. The highest BCUT2D eigenvalue weighted by molar-refractivity contribution is 5.91. The van der Waals surface area contributed by atoms with E-state index >= 15 is 0 Å². The van der Waals surface area contributed by atoms with Crippen molar-refractivity contribution in [2.45, 2.75) is 38.1 Å². The quantitative estimate of drug-likeness (QED) is 0.463. The first-order valence-corrected chi connectivity index (χ1v) is 12.6. The van der Waals surface area contributed by atoms with Gasteiger partial charge in [-0.1, -0.05) is 42.5 Å². The van der Waals surface area contributed by atoms with Crippen molar-refractivity contribution < 1.29 is 13.9 Å². The predicted octanol–water partition coefficient (Wildman–Crippen LogP) is 5.59. The van der Waals surface area contributed by atoms with E-state index in [1.165, 1.54) is 24.0 Å². The molecule has 0 saturated carbocycles. The van der Waals surface area contributed by atoms with Gasteiger partial charge in [0.2, 0.25) is 0 Å². The minimum atomic E-state index is -0.0214. The minimum Gasteiger partial charge on any atom is -0.493 e. The summed E-state index contributed by atoms with van der Waals surface area (Å²) in [4.78, 5) is 17.0. The van der Waals surface area contributed by atoms with Crippen LogP contribution in [0.25, 0.3) is 0 Å². The SMILES string of the molecule is O=C(c1ccco1)N1CCCC(COc2ccc(CN3CCC(c4ccccc4)CC3)cc2)C1. The Morgan fingerprint density at radius 3 is 2.44 bits per heavy atom. The van der Waals surface area contributed by atoms with Gasteiger partial charge in [0.1, 0.15) is 5.75 Å². The topological polar surface area (TPSA) is 45.9 Å². The first-order chi connectivity index (χ1) is 16.7. The molecule has 0 spiro atoms. The molecule has 34 heavy (non-hydrogen) atoms. The molecular weight excluding hydrogens is 424 g/mol. The van der Waals surface area contributed by atoms with Crippen LogP contribution in [0.2, 0.25) is 0 Å². The van der Waals surface area contributed by atoms with E-state index in [4.69, 9.17) is 9.15 Å². The van der Waals surface area contributed by atoms with Crippen molar-refractivity contribution in [2.75, 3.05) is 32.8 Å². The lowest BCUT2D eigenvalue weighted by molar-refractivity contribution is 0.0602.